The summed E-state index contributed by atoms with van der Waals surface area (Å²) in [5.41, 5.74) is 1.97. The second-order valence-electron chi connectivity index (χ2n) is 5.13. The first-order chi connectivity index (χ1) is 10.9. The van der Waals surface area contributed by atoms with Crippen LogP contribution >= 0.6 is 11.6 Å². The van der Waals surface area contributed by atoms with Crippen molar-refractivity contribution < 1.29 is 14.3 Å². The number of carbonyl (C=O) groups excluding carboxylic acids is 2. The fourth-order valence-corrected chi connectivity index (χ4v) is 1.92. The lowest BCUT2D eigenvalue weighted by molar-refractivity contribution is -0.129. The van der Waals surface area contributed by atoms with Crippen LogP contribution in [-0.4, -0.2) is 11.9 Å². The first kappa shape index (κ1) is 16.8. The Kier molecular flexibility index (Phi) is 5.55. The van der Waals surface area contributed by atoms with Crippen LogP contribution in [0.3, 0.4) is 0 Å². The van der Waals surface area contributed by atoms with E-state index in [2.05, 4.69) is 5.32 Å². The molecule has 4 nitrogen and oxygen atoms in total. The van der Waals surface area contributed by atoms with Gasteiger partial charge in [0.1, 0.15) is 5.75 Å². The molecule has 0 aliphatic heterocycles. The Morgan fingerprint density at radius 1 is 1.00 bits per heavy atom. The van der Waals surface area contributed by atoms with E-state index in [1.165, 1.54) is 6.08 Å². The number of hydrogen-bond donors (Lipinski definition) is 1. The van der Waals surface area contributed by atoms with Crippen molar-refractivity contribution in [3.8, 4) is 5.75 Å². The van der Waals surface area contributed by atoms with Gasteiger partial charge in [-0.1, -0.05) is 17.2 Å². The second-order valence-corrected chi connectivity index (χ2v) is 5.56. The molecule has 0 aromatic heterocycles. The van der Waals surface area contributed by atoms with E-state index in [4.69, 9.17) is 16.3 Å². The molecule has 5 heteroatoms. The quantitative estimate of drug-likeness (QED) is 0.511. The van der Waals surface area contributed by atoms with Crippen LogP contribution in [0.25, 0.3) is 0 Å². The van der Waals surface area contributed by atoms with Gasteiger partial charge in [-0.05, 0) is 62.4 Å². The summed E-state index contributed by atoms with van der Waals surface area (Å²) in [5.74, 6) is -0.312. The van der Waals surface area contributed by atoms with Crippen molar-refractivity contribution in [2.24, 2.45) is 0 Å². The van der Waals surface area contributed by atoms with Crippen molar-refractivity contribution in [2.75, 3.05) is 5.32 Å². The number of hydrogen-bond acceptors (Lipinski definition) is 3. The predicted octanol–water partition coefficient (Wildman–Crippen LogP) is 4.46. The number of allylic oxidation sites excluding steroid dienone is 1. The van der Waals surface area contributed by atoms with Crippen molar-refractivity contribution in [2.45, 2.75) is 13.8 Å². The van der Waals surface area contributed by atoms with Gasteiger partial charge in [-0.3, -0.25) is 4.79 Å². The molecule has 0 spiro atoms. The van der Waals surface area contributed by atoms with Crippen LogP contribution in [-0.2, 0) is 4.79 Å². The zero-order chi connectivity index (χ0) is 16.8. The molecular weight excluding hydrogens is 314 g/mol. The fraction of sp³-hybridized carbons (Fsp3) is 0.111. The van der Waals surface area contributed by atoms with E-state index in [1.54, 1.807) is 48.5 Å². The van der Waals surface area contributed by atoms with E-state index >= 15 is 0 Å². The van der Waals surface area contributed by atoms with Gasteiger partial charge in [0.25, 0.3) is 5.91 Å². The minimum Gasteiger partial charge on any atom is -0.423 e. The molecule has 118 valence electrons. The average Bonchev–Trinajstić information content (AvgIpc) is 2.49. The van der Waals surface area contributed by atoms with Crippen LogP contribution in [0, 0.1) is 0 Å². The number of amides is 1. The molecule has 0 atom stereocenters. The van der Waals surface area contributed by atoms with Crippen molar-refractivity contribution in [3.05, 3.63) is 70.8 Å². The third-order valence-electron chi connectivity index (χ3n) is 2.84. The van der Waals surface area contributed by atoms with E-state index in [9.17, 15) is 9.59 Å². The summed E-state index contributed by atoms with van der Waals surface area (Å²) in [6.45, 7) is 3.62. The third kappa shape index (κ3) is 5.27. The molecule has 0 unspecified atom stereocenters. The predicted molar refractivity (Wildman–Crippen MR) is 90.9 cm³/mol. The largest absolute Gasteiger partial charge is 0.423 e. The zero-order valence-corrected chi connectivity index (χ0v) is 13.6. The van der Waals surface area contributed by atoms with Gasteiger partial charge in [0.05, 0.1) is 0 Å². The molecule has 0 aliphatic rings. The second kappa shape index (κ2) is 7.61. The number of ether oxygens (including phenoxy) is 1. The van der Waals surface area contributed by atoms with Crippen LogP contribution in [0.5, 0.6) is 5.75 Å². The van der Waals surface area contributed by atoms with Crippen molar-refractivity contribution >= 4 is 29.2 Å². The summed E-state index contributed by atoms with van der Waals surface area (Å²) in [5, 5.41) is 3.36. The number of benzene rings is 2. The fourth-order valence-electron chi connectivity index (χ4n) is 1.79. The highest BCUT2D eigenvalue weighted by atomic mass is 35.5. The maximum atomic E-state index is 12.1. The van der Waals surface area contributed by atoms with Crippen molar-refractivity contribution in [1.82, 2.24) is 0 Å². The maximum Gasteiger partial charge on any atom is 0.336 e. The van der Waals surface area contributed by atoms with Crippen LogP contribution < -0.4 is 10.1 Å². The molecule has 2 aromatic carbocycles. The van der Waals surface area contributed by atoms with Crippen LogP contribution in [0.4, 0.5) is 5.69 Å². The van der Waals surface area contributed by atoms with Gasteiger partial charge in [-0.2, -0.15) is 0 Å². The van der Waals surface area contributed by atoms with Gasteiger partial charge < -0.3 is 10.1 Å². The maximum absolute atomic E-state index is 12.1. The summed E-state index contributed by atoms with van der Waals surface area (Å²) >= 11 is 5.80. The van der Waals surface area contributed by atoms with Gasteiger partial charge in [0.15, 0.2) is 0 Å². The Balaban J connectivity index is 2.01. The summed E-state index contributed by atoms with van der Waals surface area (Å²) in [4.78, 5) is 23.6. The smallest absolute Gasteiger partial charge is 0.336 e. The zero-order valence-electron chi connectivity index (χ0n) is 12.8. The van der Waals surface area contributed by atoms with E-state index in [-0.39, 0.29) is 5.91 Å². The summed E-state index contributed by atoms with van der Waals surface area (Å²) in [6.07, 6.45) is 1.40. The monoisotopic (exact) mass is 329 g/mol. The highest BCUT2D eigenvalue weighted by Gasteiger charge is 2.07. The summed E-state index contributed by atoms with van der Waals surface area (Å²) < 4.78 is 5.13. The lowest BCUT2D eigenvalue weighted by Gasteiger charge is -2.06. The minimum atomic E-state index is -0.441. The van der Waals surface area contributed by atoms with Crippen molar-refractivity contribution in [1.29, 1.82) is 0 Å². The number of esters is 1. The van der Waals surface area contributed by atoms with E-state index < -0.39 is 5.97 Å². The van der Waals surface area contributed by atoms with Crippen LogP contribution in [0.1, 0.15) is 24.2 Å². The number of anilines is 1. The molecule has 2 aromatic rings. The summed E-state index contributed by atoms with van der Waals surface area (Å²) in [6, 6.07) is 13.2. The SMILES string of the molecule is CC(C)=CC(=O)Oc1ccc(C(=O)Nc2ccc(Cl)cc2)cc1. The Morgan fingerprint density at radius 2 is 1.61 bits per heavy atom. The minimum absolute atomic E-state index is 0.255. The molecule has 2 rings (SSSR count). The molecule has 0 saturated heterocycles. The molecule has 1 N–H and O–H groups in total. The number of carbonyl (C=O) groups is 2. The van der Waals surface area contributed by atoms with Gasteiger partial charge in [-0.15, -0.1) is 0 Å². The third-order valence-corrected chi connectivity index (χ3v) is 3.10. The Bertz CT molecular complexity index is 730. The van der Waals surface area contributed by atoms with Gasteiger partial charge in [0, 0.05) is 22.3 Å². The van der Waals surface area contributed by atoms with Gasteiger partial charge in [-0.25, -0.2) is 4.79 Å². The van der Waals surface area contributed by atoms with Crippen LogP contribution in [0.15, 0.2) is 60.2 Å². The molecule has 0 heterocycles. The lowest BCUT2D eigenvalue weighted by atomic mass is 10.2. The van der Waals surface area contributed by atoms with E-state index in [1.807, 2.05) is 13.8 Å². The Labute approximate surface area is 139 Å². The molecule has 1 amide bonds. The number of rotatable bonds is 4. The molecular formula is C18H16ClNO3. The number of nitrogens with one attached hydrogen (secondary N) is 1. The normalized spacial score (nSPS) is 9.87. The standard InChI is InChI=1S/C18H16ClNO3/c1-12(2)11-17(21)23-16-9-3-13(4-10-16)18(22)20-15-7-5-14(19)6-8-15/h3-11H,1-2H3,(H,20,22). The van der Waals surface area contributed by atoms with Gasteiger partial charge >= 0.3 is 5.97 Å². The van der Waals surface area contributed by atoms with Crippen LogP contribution in [0.2, 0.25) is 5.02 Å². The average molecular weight is 330 g/mol. The van der Waals surface area contributed by atoms with E-state index in [0.29, 0.717) is 22.0 Å². The first-order valence-electron chi connectivity index (χ1n) is 6.98. The highest BCUT2D eigenvalue weighted by molar-refractivity contribution is 6.30. The molecule has 0 fully saturated rings. The Morgan fingerprint density at radius 3 is 2.17 bits per heavy atom. The molecule has 0 bridgehead atoms. The first-order valence-corrected chi connectivity index (χ1v) is 7.35. The topological polar surface area (TPSA) is 55.4 Å². The highest BCUT2D eigenvalue weighted by Crippen LogP contribution is 2.16. The molecule has 0 saturated carbocycles. The molecule has 0 radical (unpaired) electrons. The van der Waals surface area contributed by atoms with Crippen molar-refractivity contribution in [3.63, 3.8) is 0 Å². The van der Waals surface area contributed by atoms with E-state index in [0.717, 1.165) is 5.57 Å². The van der Waals surface area contributed by atoms with Gasteiger partial charge in [0.2, 0.25) is 0 Å². The lowest BCUT2D eigenvalue weighted by Crippen LogP contribution is -2.12. The Hall–Kier alpha value is -2.59. The molecule has 0 aliphatic carbocycles. The summed E-state index contributed by atoms with van der Waals surface area (Å²) in [7, 11) is 0. The molecule has 23 heavy (non-hydrogen) atoms. The number of halogens is 1.